The van der Waals surface area contributed by atoms with E-state index < -0.39 is 6.10 Å². The maximum atomic E-state index is 12.9. The molecule has 0 bridgehead atoms. The van der Waals surface area contributed by atoms with Gasteiger partial charge in [-0.25, -0.2) is 0 Å². The zero-order valence-electron chi connectivity index (χ0n) is 17.8. The summed E-state index contributed by atoms with van der Waals surface area (Å²) in [5, 5.41) is 6.31. The van der Waals surface area contributed by atoms with Crippen molar-refractivity contribution in [2.75, 3.05) is 6.54 Å². The molecule has 162 valence electrons. The molecule has 3 rings (SSSR count). The van der Waals surface area contributed by atoms with Crippen molar-refractivity contribution in [3.8, 4) is 0 Å². The first kappa shape index (κ1) is 22.3. The molecule has 1 heterocycles. The topological polar surface area (TPSA) is 67.4 Å². The van der Waals surface area contributed by atoms with Gasteiger partial charge in [-0.15, -0.1) is 0 Å². The standard InChI is InChI=1S/C26H30N2O3/c1-20(27-18-21-11-5-2-6-12-21)17-23-15-9-4-10-16-25(29)31-24(19-28-26(23)30)22-13-7-3-8-14-22/h2-9,11-14,23-24,27H,1,10,15-19H2,(H,28,30)/b9-4+/t23-,24+/m1/s1. The predicted molar refractivity (Wildman–Crippen MR) is 122 cm³/mol. The first-order chi connectivity index (χ1) is 15.1. The highest BCUT2D eigenvalue weighted by Crippen LogP contribution is 2.20. The molecule has 1 aliphatic heterocycles. The summed E-state index contributed by atoms with van der Waals surface area (Å²) >= 11 is 0. The molecular weight excluding hydrogens is 388 g/mol. The number of nitrogens with one attached hydrogen (secondary N) is 2. The fraction of sp³-hybridized carbons (Fsp3) is 0.308. The number of allylic oxidation sites excluding steroid dienone is 3. The molecule has 0 unspecified atom stereocenters. The number of hydrogen-bond donors (Lipinski definition) is 2. The molecule has 0 saturated heterocycles. The Balaban J connectivity index is 1.63. The van der Waals surface area contributed by atoms with Gasteiger partial charge in [0.2, 0.25) is 5.91 Å². The Morgan fingerprint density at radius 2 is 1.74 bits per heavy atom. The first-order valence-corrected chi connectivity index (χ1v) is 10.7. The molecule has 5 heteroatoms. The molecular formula is C26H30N2O3. The fourth-order valence-corrected chi connectivity index (χ4v) is 3.51. The number of hydrogen-bond acceptors (Lipinski definition) is 4. The van der Waals surface area contributed by atoms with Crippen molar-refractivity contribution in [3.05, 3.63) is 96.2 Å². The van der Waals surface area contributed by atoms with Gasteiger partial charge in [0.25, 0.3) is 0 Å². The summed E-state index contributed by atoms with van der Waals surface area (Å²) in [5.74, 6) is -0.563. The van der Waals surface area contributed by atoms with Crippen molar-refractivity contribution >= 4 is 11.9 Å². The lowest BCUT2D eigenvalue weighted by Crippen LogP contribution is -2.36. The van der Waals surface area contributed by atoms with Crippen LogP contribution in [0.15, 0.2) is 85.1 Å². The molecule has 2 aromatic carbocycles. The summed E-state index contributed by atoms with van der Waals surface area (Å²) in [6.07, 6.45) is 5.48. The number of esters is 1. The second kappa shape index (κ2) is 11.7. The van der Waals surface area contributed by atoms with Crippen LogP contribution in [0.3, 0.4) is 0 Å². The van der Waals surface area contributed by atoms with Gasteiger partial charge in [-0.3, -0.25) is 9.59 Å². The summed E-state index contributed by atoms with van der Waals surface area (Å²) in [7, 11) is 0. The van der Waals surface area contributed by atoms with Crippen molar-refractivity contribution in [2.45, 2.75) is 38.3 Å². The number of carbonyl (C=O) groups is 2. The highest BCUT2D eigenvalue weighted by Gasteiger charge is 2.22. The fourth-order valence-electron chi connectivity index (χ4n) is 3.51. The van der Waals surface area contributed by atoms with Crippen molar-refractivity contribution in [2.24, 2.45) is 5.92 Å². The number of carbonyl (C=O) groups excluding carboxylic acids is 2. The molecule has 2 aromatic rings. The molecule has 0 aliphatic carbocycles. The minimum Gasteiger partial charge on any atom is -0.456 e. The van der Waals surface area contributed by atoms with E-state index in [2.05, 4.69) is 29.3 Å². The van der Waals surface area contributed by atoms with Gasteiger partial charge >= 0.3 is 5.97 Å². The number of rotatable bonds is 6. The van der Waals surface area contributed by atoms with Crippen molar-refractivity contribution in [1.82, 2.24) is 10.6 Å². The molecule has 0 spiro atoms. The van der Waals surface area contributed by atoms with Gasteiger partial charge < -0.3 is 15.4 Å². The quantitative estimate of drug-likeness (QED) is 0.538. The molecule has 0 aromatic heterocycles. The first-order valence-electron chi connectivity index (χ1n) is 10.7. The van der Waals surface area contributed by atoms with E-state index in [1.165, 1.54) is 5.56 Å². The van der Waals surface area contributed by atoms with Crippen LogP contribution < -0.4 is 10.6 Å². The van der Waals surface area contributed by atoms with Gasteiger partial charge in [0.05, 0.1) is 6.54 Å². The Bertz CT molecular complexity index is 893. The van der Waals surface area contributed by atoms with Gasteiger partial charge in [-0.2, -0.15) is 0 Å². The smallest absolute Gasteiger partial charge is 0.306 e. The van der Waals surface area contributed by atoms with E-state index in [-0.39, 0.29) is 24.3 Å². The van der Waals surface area contributed by atoms with Crippen LogP contribution in [0.5, 0.6) is 0 Å². The monoisotopic (exact) mass is 418 g/mol. The van der Waals surface area contributed by atoms with Crippen LogP contribution >= 0.6 is 0 Å². The molecule has 1 amide bonds. The summed E-state index contributed by atoms with van der Waals surface area (Å²) < 4.78 is 5.64. The van der Waals surface area contributed by atoms with Crippen LogP contribution in [0.2, 0.25) is 0 Å². The average Bonchev–Trinajstić information content (AvgIpc) is 2.79. The SMILES string of the molecule is C=C(C[C@H]1C/C=C/CCC(=O)O[C@H](c2ccccc2)CNC1=O)NCc1ccccc1. The average molecular weight is 419 g/mol. The van der Waals surface area contributed by atoms with Crippen LogP contribution in [0.1, 0.15) is 42.9 Å². The molecule has 0 fully saturated rings. The van der Waals surface area contributed by atoms with E-state index in [9.17, 15) is 9.59 Å². The summed E-state index contributed by atoms with van der Waals surface area (Å²) in [6.45, 7) is 5.04. The molecule has 2 atom stereocenters. The normalized spacial score (nSPS) is 21.0. The number of amides is 1. The van der Waals surface area contributed by atoms with Crippen LogP contribution in [-0.2, 0) is 20.9 Å². The van der Waals surface area contributed by atoms with Gasteiger partial charge in [-0.1, -0.05) is 79.4 Å². The van der Waals surface area contributed by atoms with E-state index in [4.69, 9.17) is 4.74 Å². The lowest BCUT2D eigenvalue weighted by atomic mass is 9.97. The zero-order chi connectivity index (χ0) is 21.9. The highest BCUT2D eigenvalue weighted by molar-refractivity contribution is 5.79. The van der Waals surface area contributed by atoms with Crippen molar-refractivity contribution < 1.29 is 14.3 Å². The zero-order valence-corrected chi connectivity index (χ0v) is 17.8. The molecule has 0 saturated carbocycles. The third-order valence-corrected chi connectivity index (χ3v) is 5.26. The molecule has 2 N–H and O–H groups in total. The molecule has 5 nitrogen and oxygen atoms in total. The van der Waals surface area contributed by atoms with Crippen LogP contribution in [-0.4, -0.2) is 18.4 Å². The Morgan fingerprint density at radius 1 is 1.03 bits per heavy atom. The minimum absolute atomic E-state index is 0.0649. The van der Waals surface area contributed by atoms with Gasteiger partial charge in [-0.05, 0) is 30.4 Å². The maximum absolute atomic E-state index is 12.9. The Kier molecular flexibility index (Phi) is 8.47. The number of cyclic esters (lactones) is 1. The van der Waals surface area contributed by atoms with Gasteiger partial charge in [0, 0.05) is 24.6 Å². The lowest BCUT2D eigenvalue weighted by molar-refractivity contribution is -0.150. The van der Waals surface area contributed by atoms with Crippen molar-refractivity contribution in [3.63, 3.8) is 0 Å². The minimum atomic E-state index is -0.499. The Morgan fingerprint density at radius 3 is 2.48 bits per heavy atom. The van der Waals surface area contributed by atoms with Gasteiger partial charge in [0.15, 0.2) is 0 Å². The van der Waals surface area contributed by atoms with Crippen molar-refractivity contribution in [1.29, 1.82) is 0 Å². The van der Waals surface area contributed by atoms with E-state index >= 15 is 0 Å². The summed E-state index contributed by atoms with van der Waals surface area (Å²) in [5.41, 5.74) is 2.86. The predicted octanol–water partition coefficient (Wildman–Crippen LogP) is 4.44. The second-order valence-corrected chi connectivity index (χ2v) is 7.72. The molecule has 1 aliphatic rings. The maximum Gasteiger partial charge on any atom is 0.306 e. The lowest BCUT2D eigenvalue weighted by Gasteiger charge is -2.22. The summed E-state index contributed by atoms with van der Waals surface area (Å²) in [6, 6.07) is 19.6. The van der Waals surface area contributed by atoms with E-state index in [0.29, 0.717) is 32.2 Å². The third-order valence-electron chi connectivity index (χ3n) is 5.26. The Labute approximate surface area is 184 Å². The third kappa shape index (κ3) is 7.45. The van der Waals surface area contributed by atoms with Crippen LogP contribution in [0.4, 0.5) is 0 Å². The van der Waals surface area contributed by atoms with Crippen LogP contribution in [0, 0.1) is 5.92 Å². The van der Waals surface area contributed by atoms with E-state index in [1.807, 2.05) is 60.7 Å². The second-order valence-electron chi connectivity index (χ2n) is 7.72. The van der Waals surface area contributed by atoms with Crippen LogP contribution in [0.25, 0.3) is 0 Å². The van der Waals surface area contributed by atoms with Gasteiger partial charge in [0.1, 0.15) is 6.10 Å². The number of ether oxygens (including phenoxy) is 1. The van der Waals surface area contributed by atoms with E-state index in [0.717, 1.165) is 11.3 Å². The summed E-state index contributed by atoms with van der Waals surface area (Å²) in [4.78, 5) is 25.1. The highest BCUT2D eigenvalue weighted by atomic mass is 16.5. The largest absolute Gasteiger partial charge is 0.456 e. The van der Waals surface area contributed by atoms with E-state index in [1.54, 1.807) is 0 Å². The number of benzene rings is 2. The molecule has 31 heavy (non-hydrogen) atoms. The molecule has 0 radical (unpaired) electrons. The Hall–Kier alpha value is -3.34.